The number of nitrogens with two attached hydrogens (primary N) is 1. The summed E-state index contributed by atoms with van der Waals surface area (Å²) in [5, 5.41) is 25.8. The van der Waals surface area contributed by atoms with E-state index in [-0.39, 0.29) is 41.9 Å². The van der Waals surface area contributed by atoms with Crippen LogP contribution in [-0.2, 0) is 41.8 Å². The number of aromatic hydroxyl groups is 2. The highest BCUT2D eigenvalue weighted by atomic mass is 32.1. The summed E-state index contributed by atoms with van der Waals surface area (Å²) >= 11 is 1.53. The molecule has 0 amide bonds. The summed E-state index contributed by atoms with van der Waals surface area (Å²) in [6.45, 7) is 0.524. The second-order valence-electron chi connectivity index (χ2n) is 13.3. The molecular weight excluding hydrogens is 719 g/mol. The van der Waals surface area contributed by atoms with Gasteiger partial charge >= 0.3 is 0 Å². The lowest BCUT2D eigenvalue weighted by molar-refractivity contribution is -0.121. The fraction of sp³-hybridized carbons (Fsp3) is 0.152. The van der Waals surface area contributed by atoms with Gasteiger partial charge in [-0.15, -0.1) is 11.3 Å². The summed E-state index contributed by atoms with van der Waals surface area (Å²) in [6.07, 6.45) is 8.20. The summed E-state index contributed by atoms with van der Waals surface area (Å²) in [5.41, 5.74) is 15.9. The fourth-order valence-corrected chi connectivity index (χ4v) is 6.77. The number of pyridine rings is 2. The molecule has 0 radical (unpaired) electrons. The molecule has 7 aromatic rings. The second-order valence-corrected chi connectivity index (χ2v) is 14.1. The number of phenolic OH excluding ortho intramolecular Hbond substituents is 2. The zero-order valence-corrected chi connectivity index (χ0v) is 31.6. The molecule has 4 aromatic carbocycles. The maximum Gasteiger partial charge on any atom is 0.154 e. The van der Waals surface area contributed by atoms with Crippen molar-refractivity contribution < 1.29 is 19.8 Å². The van der Waals surface area contributed by atoms with Gasteiger partial charge < -0.3 is 21.3 Å². The molecule has 0 fully saturated rings. The third-order valence-corrected chi connectivity index (χ3v) is 9.95. The minimum Gasteiger partial charge on any atom is -0.508 e. The molecule has 5 N–H and O–H groups in total. The summed E-state index contributed by atoms with van der Waals surface area (Å²) in [7, 11) is 0. The molecule has 0 bridgehead atoms. The van der Waals surface area contributed by atoms with Crippen LogP contribution in [0.3, 0.4) is 0 Å². The van der Waals surface area contributed by atoms with E-state index in [0.29, 0.717) is 30.5 Å². The molecule has 0 aliphatic heterocycles. The van der Waals surface area contributed by atoms with Gasteiger partial charge in [0.1, 0.15) is 11.5 Å². The average molecular weight is 762 g/mol. The Kier molecular flexibility index (Phi) is 13.9. The highest BCUT2D eigenvalue weighted by molar-refractivity contribution is 7.07. The first-order valence-electron chi connectivity index (χ1n) is 18.3. The standard InChI is InChI=1S/C25H23N3O2S.C21H20N2O2/c29-24-7-6-20(19-8-10-26-11-9-19)13-21(24)14-25(30)23(12-18-4-2-1-3-5-18)27-15-22-16-31-17-28-22;22-19(12-15-4-2-1-3-5-15)21(25)14-18-13-17(6-7-20(18)24)16-8-10-23-11-9-16/h1-11,13,16-17,23,27,29H,12,14-15H2;1-11,13,19,24H,12,14,22H2/t23-;19-/m00/s1. The van der Waals surface area contributed by atoms with E-state index in [1.54, 1.807) is 42.4 Å². The van der Waals surface area contributed by atoms with E-state index in [1.807, 2.05) is 115 Å². The lowest BCUT2D eigenvalue weighted by atomic mass is 9.95. The van der Waals surface area contributed by atoms with Crippen LogP contribution in [0.2, 0.25) is 0 Å². The van der Waals surface area contributed by atoms with Gasteiger partial charge in [-0.3, -0.25) is 19.6 Å². The molecule has 0 aliphatic carbocycles. The number of thiazole rings is 1. The van der Waals surface area contributed by atoms with Crippen LogP contribution in [0.15, 0.2) is 157 Å². The number of benzene rings is 4. The second kappa shape index (κ2) is 19.8. The van der Waals surface area contributed by atoms with Gasteiger partial charge in [0.25, 0.3) is 0 Å². The number of ketones is 2. The SMILES string of the molecule is N[C@@H](Cc1ccccc1)C(=O)Cc1cc(-c2ccncc2)ccc1O.O=C(Cc1cc(-c2ccncc2)ccc1O)[C@H](Cc1ccccc1)NCc1cscn1. The maximum atomic E-state index is 13.3. The first kappa shape index (κ1) is 39.4. The molecule has 9 nitrogen and oxygen atoms in total. The first-order chi connectivity index (χ1) is 27.3. The number of carbonyl (C=O) groups excluding carboxylic acids is 2. The van der Waals surface area contributed by atoms with Crippen molar-refractivity contribution in [1.29, 1.82) is 0 Å². The van der Waals surface area contributed by atoms with Gasteiger partial charge in [-0.05, 0) is 94.8 Å². The number of aromatic nitrogens is 3. The predicted molar refractivity (Wildman–Crippen MR) is 221 cm³/mol. The smallest absolute Gasteiger partial charge is 0.154 e. The molecule has 7 rings (SSSR count). The van der Waals surface area contributed by atoms with Gasteiger partial charge in [0.15, 0.2) is 11.6 Å². The number of nitrogens with zero attached hydrogens (tertiary/aromatic N) is 3. The molecule has 56 heavy (non-hydrogen) atoms. The van der Waals surface area contributed by atoms with Crippen molar-refractivity contribution in [3.63, 3.8) is 0 Å². The molecule has 0 saturated heterocycles. The number of hydrogen-bond donors (Lipinski definition) is 4. The lowest BCUT2D eigenvalue weighted by Gasteiger charge is -2.18. The van der Waals surface area contributed by atoms with E-state index in [0.717, 1.165) is 39.1 Å². The topological polar surface area (TPSA) is 151 Å². The molecule has 0 aliphatic rings. The molecule has 3 heterocycles. The van der Waals surface area contributed by atoms with Gasteiger partial charge in [0.2, 0.25) is 0 Å². The molecule has 0 saturated carbocycles. The van der Waals surface area contributed by atoms with Crippen LogP contribution in [-0.4, -0.2) is 48.8 Å². The summed E-state index contributed by atoms with van der Waals surface area (Å²) in [6, 6.07) is 36.9. The number of phenols is 2. The van der Waals surface area contributed by atoms with Crippen LogP contribution >= 0.6 is 11.3 Å². The highest BCUT2D eigenvalue weighted by Gasteiger charge is 2.21. The van der Waals surface area contributed by atoms with Gasteiger partial charge in [-0.25, -0.2) is 4.98 Å². The number of nitrogens with one attached hydrogen (secondary N) is 1. The Bertz CT molecular complexity index is 2290. The van der Waals surface area contributed by atoms with E-state index in [9.17, 15) is 19.8 Å². The Balaban J connectivity index is 0.000000194. The highest BCUT2D eigenvalue weighted by Crippen LogP contribution is 2.28. The summed E-state index contributed by atoms with van der Waals surface area (Å²) in [5.74, 6) is 0.175. The largest absolute Gasteiger partial charge is 0.508 e. The lowest BCUT2D eigenvalue weighted by Crippen LogP contribution is -2.39. The Hall–Kier alpha value is -6.33. The number of rotatable bonds is 15. The minimum atomic E-state index is -0.591. The van der Waals surface area contributed by atoms with Crippen molar-refractivity contribution >= 4 is 22.9 Å². The fourth-order valence-electron chi connectivity index (χ4n) is 6.22. The number of carbonyl (C=O) groups is 2. The van der Waals surface area contributed by atoms with Gasteiger partial charge in [0.05, 0.1) is 23.3 Å². The van der Waals surface area contributed by atoms with E-state index < -0.39 is 6.04 Å². The molecule has 2 atom stereocenters. The van der Waals surface area contributed by atoms with E-state index >= 15 is 0 Å². The van der Waals surface area contributed by atoms with Crippen LogP contribution in [0, 0.1) is 0 Å². The van der Waals surface area contributed by atoms with Crippen LogP contribution in [0.5, 0.6) is 11.5 Å². The number of hydrogen-bond acceptors (Lipinski definition) is 10. The summed E-state index contributed by atoms with van der Waals surface area (Å²) in [4.78, 5) is 38.1. The Labute approximate surface area is 330 Å². The van der Waals surface area contributed by atoms with E-state index in [1.165, 1.54) is 11.3 Å². The molecular formula is C46H43N5O4S. The van der Waals surface area contributed by atoms with E-state index in [4.69, 9.17) is 5.73 Å². The third kappa shape index (κ3) is 11.3. The van der Waals surface area contributed by atoms with Crippen molar-refractivity contribution in [1.82, 2.24) is 20.3 Å². The van der Waals surface area contributed by atoms with Gasteiger partial charge in [0, 0.05) is 60.7 Å². The quantitative estimate of drug-likeness (QED) is 0.0830. The van der Waals surface area contributed by atoms with Crippen molar-refractivity contribution in [3.05, 3.63) is 185 Å². The average Bonchev–Trinajstić information content (AvgIpc) is 3.76. The van der Waals surface area contributed by atoms with Crippen LogP contribution < -0.4 is 11.1 Å². The van der Waals surface area contributed by atoms with Gasteiger partial charge in [-0.2, -0.15) is 0 Å². The normalized spacial score (nSPS) is 11.9. The Morgan fingerprint density at radius 2 is 1.12 bits per heavy atom. The van der Waals surface area contributed by atoms with Crippen molar-refractivity contribution in [2.45, 2.75) is 44.3 Å². The summed E-state index contributed by atoms with van der Waals surface area (Å²) < 4.78 is 0. The Morgan fingerprint density at radius 1 is 0.625 bits per heavy atom. The molecule has 3 aromatic heterocycles. The van der Waals surface area contributed by atoms with Crippen LogP contribution in [0.1, 0.15) is 27.9 Å². The van der Waals surface area contributed by atoms with Crippen LogP contribution in [0.4, 0.5) is 0 Å². The van der Waals surface area contributed by atoms with E-state index in [2.05, 4.69) is 20.3 Å². The zero-order valence-electron chi connectivity index (χ0n) is 30.7. The maximum absolute atomic E-state index is 13.3. The third-order valence-electron chi connectivity index (χ3n) is 9.31. The zero-order chi connectivity index (χ0) is 39.1. The van der Waals surface area contributed by atoms with Crippen molar-refractivity contribution in [2.75, 3.05) is 0 Å². The molecule has 0 unspecified atom stereocenters. The Morgan fingerprint density at radius 3 is 1.62 bits per heavy atom. The molecule has 282 valence electrons. The van der Waals surface area contributed by atoms with Crippen molar-refractivity contribution in [2.24, 2.45) is 5.73 Å². The van der Waals surface area contributed by atoms with Crippen LogP contribution in [0.25, 0.3) is 22.3 Å². The molecule has 0 spiro atoms. The van der Waals surface area contributed by atoms with Crippen molar-refractivity contribution in [3.8, 4) is 33.8 Å². The van der Waals surface area contributed by atoms with Gasteiger partial charge in [-0.1, -0.05) is 72.8 Å². The minimum absolute atomic E-state index is 0.0289. The monoisotopic (exact) mass is 761 g/mol. The molecule has 10 heteroatoms. The number of Topliss-reactive ketones (excluding diaryl/α,β-unsaturated/α-hetero) is 2. The predicted octanol–water partition coefficient (Wildman–Crippen LogP) is 7.56. The first-order valence-corrected chi connectivity index (χ1v) is 19.2.